The topological polar surface area (TPSA) is 43.8 Å². The van der Waals surface area contributed by atoms with Gasteiger partial charge in [-0.3, -0.25) is 4.68 Å². The van der Waals surface area contributed by atoms with Crippen LogP contribution in [0, 0.1) is 0 Å². The number of nitrogens with two attached hydrogens (primary N) is 1. The molecule has 0 radical (unpaired) electrons. The average molecular weight is 212 g/mol. The largest absolute Gasteiger partial charge is 0.396 e. The molecule has 5 heteroatoms. The first-order valence-corrected chi connectivity index (χ1v) is 3.40. The highest BCUT2D eigenvalue weighted by molar-refractivity contribution is 5.85. The molecule has 0 saturated carbocycles. The van der Waals surface area contributed by atoms with Gasteiger partial charge in [0.2, 0.25) is 0 Å². The molecule has 0 aliphatic heterocycles. The van der Waals surface area contributed by atoms with Crippen molar-refractivity contribution >= 4 is 30.5 Å². The first-order chi connectivity index (χ1) is 4.61. The van der Waals surface area contributed by atoms with Gasteiger partial charge in [-0.05, 0) is 5.92 Å². The standard InChI is InChI=1S/C7H13N3.2ClH/c1-5(2)7-6(8)4-10(3)9-7;;/h4-5H,8H2,1-3H3;2*1H. The number of hydrogen-bond acceptors (Lipinski definition) is 2. The molecule has 2 N–H and O–H groups in total. The fraction of sp³-hybridized carbons (Fsp3) is 0.571. The molecule has 1 heterocycles. The Morgan fingerprint density at radius 2 is 1.92 bits per heavy atom. The summed E-state index contributed by atoms with van der Waals surface area (Å²) in [6, 6.07) is 0. The Hall–Kier alpha value is -0.410. The monoisotopic (exact) mass is 211 g/mol. The maximum absolute atomic E-state index is 5.66. The fourth-order valence-corrected chi connectivity index (χ4v) is 0.973. The van der Waals surface area contributed by atoms with Gasteiger partial charge in [-0.1, -0.05) is 13.8 Å². The predicted octanol–water partition coefficient (Wildman–Crippen LogP) is 1.97. The molecule has 0 atom stereocenters. The molecule has 1 aromatic rings. The molecule has 0 spiro atoms. The van der Waals surface area contributed by atoms with E-state index in [1.165, 1.54) is 0 Å². The average Bonchev–Trinajstić information content (AvgIpc) is 2.10. The lowest BCUT2D eigenvalue weighted by Gasteiger charge is -1.98. The van der Waals surface area contributed by atoms with Crippen LogP contribution in [0.1, 0.15) is 25.5 Å². The minimum atomic E-state index is 0. The molecule has 0 aliphatic rings. The zero-order valence-electron chi connectivity index (χ0n) is 7.44. The van der Waals surface area contributed by atoms with E-state index in [4.69, 9.17) is 5.73 Å². The predicted molar refractivity (Wildman–Crippen MR) is 56.2 cm³/mol. The quantitative estimate of drug-likeness (QED) is 0.773. The lowest BCUT2D eigenvalue weighted by molar-refractivity contribution is 0.713. The van der Waals surface area contributed by atoms with Gasteiger partial charge in [-0.2, -0.15) is 5.10 Å². The van der Waals surface area contributed by atoms with Crippen molar-refractivity contribution in [2.24, 2.45) is 7.05 Å². The first-order valence-electron chi connectivity index (χ1n) is 3.40. The fourth-order valence-electron chi connectivity index (χ4n) is 0.973. The maximum Gasteiger partial charge on any atom is 0.0879 e. The molecule has 0 saturated heterocycles. The highest BCUT2D eigenvalue weighted by Gasteiger charge is 2.06. The van der Waals surface area contributed by atoms with Crippen LogP contribution in [-0.4, -0.2) is 9.78 Å². The van der Waals surface area contributed by atoms with E-state index in [-0.39, 0.29) is 24.8 Å². The number of nitrogen functional groups attached to an aromatic ring is 1. The van der Waals surface area contributed by atoms with Gasteiger partial charge in [0, 0.05) is 13.2 Å². The van der Waals surface area contributed by atoms with Gasteiger partial charge in [-0.25, -0.2) is 0 Å². The van der Waals surface area contributed by atoms with Gasteiger partial charge in [0.1, 0.15) is 0 Å². The minimum Gasteiger partial charge on any atom is -0.396 e. The van der Waals surface area contributed by atoms with E-state index in [1.54, 1.807) is 4.68 Å². The number of halogens is 2. The molecular weight excluding hydrogens is 197 g/mol. The summed E-state index contributed by atoms with van der Waals surface area (Å²) in [6.07, 6.45) is 1.83. The van der Waals surface area contributed by atoms with Crippen molar-refractivity contribution < 1.29 is 0 Å². The van der Waals surface area contributed by atoms with E-state index < -0.39 is 0 Å². The molecule has 0 aromatic carbocycles. The van der Waals surface area contributed by atoms with Crippen LogP contribution in [0.2, 0.25) is 0 Å². The Kier molecular flexibility index (Phi) is 6.21. The van der Waals surface area contributed by atoms with Crippen LogP contribution in [0.5, 0.6) is 0 Å². The van der Waals surface area contributed by atoms with Crippen molar-refractivity contribution in [2.45, 2.75) is 19.8 Å². The third kappa shape index (κ3) is 2.91. The van der Waals surface area contributed by atoms with Gasteiger partial charge in [0.15, 0.2) is 0 Å². The highest BCUT2D eigenvalue weighted by atomic mass is 35.5. The molecule has 1 rings (SSSR count). The number of anilines is 1. The molecule has 12 heavy (non-hydrogen) atoms. The van der Waals surface area contributed by atoms with E-state index >= 15 is 0 Å². The molecular formula is C7H15Cl2N3. The molecule has 72 valence electrons. The van der Waals surface area contributed by atoms with E-state index in [2.05, 4.69) is 18.9 Å². The summed E-state index contributed by atoms with van der Waals surface area (Å²) >= 11 is 0. The van der Waals surface area contributed by atoms with Crippen LogP contribution >= 0.6 is 24.8 Å². The van der Waals surface area contributed by atoms with Crippen molar-refractivity contribution in [3.05, 3.63) is 11.9 Å². The zero-order chi connectivity index (χ0) is 7.72. The Labute approximate surface area is 85.1 Å². The smallest absolute Gasteiger partial charge is 0.0879 e. The van der Waals surface area contributed by atoms with Crippen LogP contribution < -0.4 is 5.73 Å². The van der Waals surface area contributed by atoms with Crippen LogP contribution in [0.25, 0.3) is 0 Å². The van der Waals surface area contributed by atoms with Crippen molar-refractivity contribution in [1.82, 2.24) is 9.78 Å². The minimum absolute atomic E-state index is 0. The van der Waals surface area contributed by atoms with Crippen molar-refractivity contribution in [2.75, 3.05) is 5.73 Å². The summed E-state index contributed by atoms with van der Waals surface area (Å²) in [6.45, 7) is 4.16. The maximum atomic E-state index is 5.66. The summed E-state index contributed by atoms with van der Waals surface area (Å²) in [5.41, 5.74) is 7.44. The lowest BCUT2D eigenvalue weighted by Crippen LogP contribution is -1.94. The number of nitrogens with zero attached hydrogens (tertiary/aromatic N) is 2. The van der Waals surface area contributed by atoms with E-state index in [0.29, 0.717) is 5.92 Å². The zero-order valence-corrected chi connectivity index (χ0v) is 9.08. The normalized spacial score (nSPS) is 9.00. The Balaban J connectivity index is 0. The molecule has 0 amide bonds. The summed E-state index contributed by atoms with van der Waals surface area (Å²) in [5.74, 6) is 0.418. The van der Waals surface area contributed by atoms with E-state index in [9.17, 15) is 0 Å². The Morgan fingerprint density at radius 1 is 1.42 bits per heavy atom. The lowest BCUT2D eigenvalue weighted by atomic mass is 10.1. The van der Waals surface area contributed by atoms with E-state index in [1.807, 2.05) is 13.2 Å². The SMILES string of the molecule is CC(C)c1nn(C)cc1N.Cl.Cl. The van der Waals surface area contributed by atoms with Crippen LogP contribution in [0.15, 0.2) is 6.20 Å². The second-order valence-electron chi connectivity index (χ2n) is 2.80. The third-order valence-electron chi connectivity index (χ3n) is 1.43. The number of rotatable bonds is 1. The molecule has 0 fully saturated rings. The number of aryl methyl sites for hydroxylation is 1. The van der Waals surface area contributed by atoms with Gasteiger partial charge in [-0.15, -0.1) is 24.8 Å². The van der Waals surface area contributed by atoms with Crippen molar-refractivity contribution in [3.8, 4) is 0 Å². The second-order valence-corrected chi connectivity index (χ2v) is 2.80. The van der Waals surface area contributed by atoms with Crippen LogP contribution in [0.4, 0.5) is 5.69 Å². The van der Waals surface area contributed by atoms with Gasteiger partial charge in [0.25, 0.3) is 0 Å². The Bertz CT molecular complexity index is 233. The summed E-state index contributed by atoms with van der Waals surface area (Å²) in [5, 5.41) is 4.20. The molecule has 0 bridgehead atoms. The summed E-state index contributed by atoms with van der Waals surface area (Å²) < 4.78 is 1.74. The van der Waals surface area contributed by atoms with Crippen molar-refractivity contribution in [3.63, 3.8) is 0 Å². The molecule has 1 aromatic heterocycles. The number of aromatic nitrogens is 2. The summed E-state index contributed by atoms with van der Waals surface area (Å²) in [4.78, 5) is 0. The second kappa shape index (κ2) is 5.27. The van der Waals surface area contributed by atoms with Crippen LogP contribution in [0.3, 0.4) is 0 Å². The number of hydrogen-bond donors (Lipinski definition) is 1. The highest BCUT2D eigenvalue weighted by Crippen LogP contribution is 2.17. The Morgan fingerprint density at radius 3 is 2.08 bits per heavy atom. The van der Waals surface area contributed by atoms with Crippen LogP contribution in [-0.2, 0) is 7.05 Å². The van der Waals surface area contributed by atoms with E-state index in [0.717, 1.165) is 11.4 Å². The van der Waals surface area contributed by atoms with Crippen molar-refractivity contribution in [1.29, 1.82) is 0 Å². The first kappa shape index (κ1) is 14.1. The third-order valence-corrected chi connectivity index (χ3v) is 1.43. The van der Waals surface area contributed by atoms with Gasteiger partial charge >= 0.3 is 0 Å². The molecule has 0 aliphatic carbocycles. The van der Waals surface area contributed by atoms with Gasteiger partial charge < -0.3 is 5.73 Å². The van der Waals surface area contributed by atoms with Gasteiger partial charge in [0.05, 0.1) is 11.4 Å². The molecule has 0 unspecified atom stereocenters. The molecule has 3 nitrogen and oxygen atoms in total. The summed E-state index contributed by atoms with van der Waals surface area (Å²) in [7, 11) is 1.88.